The lowest BCUT2D eigenvalue weighted by atomic mass is 9.85. The highest BCUT2D eigenvalue weighted by Crippen LogP contribution is 2.40. The van der Waals surface area contributed by atoms with Crippen LogP contribution in [0.3, 0.4) is 0 Å². The number of hydrogen-bond acceptors (Lipinski definition) is 4. The first-order chi connectivity index (χ1) is 9.29. The maximum absolute atomic E-state index is 4.88. The Balaban J connectivity index is 1.72. The van der Waals surface area contributed by atoms with Crippen molar-refractivity contribution in [1.82, 2.24) is 10.3 Å². The first kappa shape index (κ1) is 13.4. The number of thiazole rings is 1. The quantitative estimate of drug-likeness (QED) is 0.913. The van der Waals surface area contributed by atoms with E-state index in [1.165, 1.54) is 49.5 Å². The molecule has 0 aromatic carbocycles. The van der Waals surface area contributed by atoms with E-state index in [1.54, 1.807) is 0 Å². The molecule has 3 rings (SSSR count). The number of nitrogens with one attached hydrogen (secondary N) is 1. The Morgan fingerprint density at radius 1 is 1.42 bits per heavy atom. The fourth-order valence-electron chi connectivity index (χ4n) is 3.66. The molecular weight excluding hydrogens is 254 g/mol. The van der Waals surface area contributed by atoms with Crippen molar-refractivity contribution in [2.24, 2.45) is 5.92 Å². The van der Waals surface area contributed by atoms with Gasteiger partial charge in [0.1, 0.15) is 0 Å². The molecule has 106 valence electrons. The molecule has 1 aromatic heterocycles. The molecule has 3 nitrogen and oxygen atoms in total. The van der Waals surface area contributed by atoms with Crippen molar-refractivity contribution in [2.45, 2.75) is 58.0 Å². The number of aromatic nitrogens is 1. The van der Waals surface area contributed by atoms with Crippen LogP contribution in [0.15, 0.2) is 5.38 Å². The molecule has 0 spiro atoms. The van der Waals surface area contributed by atoms with Crippen LogP contribution in [0.2, 0.25) is 0 Å². The highest BCUT2D eigenvalue weighted by atomic mass is 32.1. The minimum absolute atomic E-state index is 0.375. The summed E-state index contributed by atoms with van der Waals surface area (Å²) in [7, 11) is 0. The third-order valence-electron chi connectivity index (χ3n) is 4.72. The predicted octanol–water partition coefficient (Wildman–Crippen LogP) is 3.58. The van der Waals surface area contributed by atoms with Gasteiger partial charge in [0, 0.05) is 24.0 Å². The first-order valence-corrected chi connectivity index (χ1v) is 8.63. The summed E-state index contributed by atoms with van der Waals surface area (Å²) in [5, 5.41) is 6.94. The van der Waals surface area contributed by atoms with Crippen LogP contribution in [0.25, 0.3) is 0 Å². The molecule has 1 aliphatic carbocycles. The third-order valence-corrected chi connectivity index (χ3v) is 5.62. The van der Waals surface area contributed by atoms with Gasteiger partial charge in [0.2, 0.25) is 0 Å². The average Bonchev–Trinajstić information content (AvgIpc) is 3.05. The van der Waals surface area contributed by atoms with Crippen molar-refractivity contribution >= 4 is 16.5 Å². The maximum atomic E-state index is 4.88. The summed E-state index contributed by atoms with van der Waals surface area (Å²) in [5.41, 5.74) is 1.21. The van der Waals surface area contributed by atoms with Crippen LogP contribution in [0.5, 0.6) is 0 Å². The van der Waals surface area contributed by atoms with Crippen molar-refractivity contribution in [3.8, 4) is 0 Å². The van der Waals surface area contributed by atoms with Gasteiger partial charge >= 0.3 is 0 Å². The lowest BCUT2D eigenvalue weighted by Gasteiger charge is -2.31. The van der Waals surface area contributed by atoms with E-state index < -0.39 is 0 Å². The van der Waals surface area contributed by atoms with Crippen molar-refractivity contribution in [3.05, 3.63) is 11.1 Å². The maximum Gasteiger partial charge on any atom is 0.185 e. The van der Waals surface area contributed by atoms with Crippen LogP contribution >= 0.6 is 11.3 Å². The second kappa shape index (κ2) is 5.80. The molecule has 1 aromatic rings. The van der Waals surface area contributed by atoms with Gasteiger partial charge in [0.25, 0.3) is 0 Å². The van der Waals surface area contributed by atoms with E-state index in [9.17, 15) is 0 Å². The number of hydrogen-bond donors (Lipinski definition) is 1. The van der Waals surface area contributed by atoms with Gasteiger partial charge in [-0.3, -0.25) is 0 Å². The molecule has 1 saturated carbocycles. The van der Waals surface area contributed by atoms with Gasteiger partial charge in [-0.05, 0) is 38.6 Å². The number of rotatable bonds is 4. The molecule has 3 atom stereocenters. The van der Waals surface area contributed by atoms with Crippen LogP contribution in [-0.4, -0.2) is 24.1 Å². The van der Waals surface area contributed by atoms with Gasteiger partial charge in [-0.25, -0.2) is 4.98 Å². The van der Waals surface area contributed by atoms with Crippen LogP contribution < -0.4 is 10.2 Å². The largest absolute Gasteiger partial charge is 0.345 e. The van der Waals surface area contributed by atoms with Crippen LogP contribution in [0, 0.1) is 5.92 Å². The third kappa shape index (κ3) is 2.65. The van der Waals surface area contributed by atoms with Gasteiger partial charge in [-0.15, -0.1) is 11.3 Å². The van der Waals surface area contributed by atoms with Gasteiger partial charge in [-0.2, -0.15) is 0 Å². The van der Waals surface area contributed by atoms with Crippen molar-refractivity contribution < 1.29 is 0 Å². The van der Waals surface area contributed by atoms with Gasteiger partial charge in [0.05, 0.1) is 5.69 Å². The molecule has 0 radical (unpaired) electrons. The Morgan fingerprint density at radius 2 is 2.26 bits per heavy atom. The van der Waals surface area contributed by atoms with E-state index in [0.717, 1.165) is 18.5 Å². The molecule has 3 unspecified atom stereocenters. The van der Waals surface area contributed by atoms with E-state index in [4.69, 9.17) is 4.98 Å². The smallest absolute Gasteiger partial charge is 0.185 e. The highest BCUT2D eigenvalue weighted by molar-refractivity contribution is 7.13. The summed E-state index contributed by atoms with van der Waals surface area (Å²) < 4.78 is 0. The van der Waals surface area contributed by atoms with Gasteiger partial charge < -0.3 is 10.2 Å². The fourth-order valence-corrected chi connectivity index (χ4v) is 4.66. The SMILES string of the molecule is CCNC(C)c1csc(N2CCC3CCCCC32)n1. The molecule has 2 fully saturated rings. The molecule has 1 N–H and O–H groups in total. The zero-order valence-electron chi connectivity index (χ0n) is 12.1. The van der Waals surface area contributed by atoms with Crippen LogP contribution in [0.4, 0.5) is 5.13 Å². The number of fused-ring (bicyclic) bond motifs is 1. The average molecular weight is 279 g/mol. The van der Waals surface area contributed by atoms with E-state index >= 15 is 0 Å². The Bertz CT molecular complexity index is 417. The number of nitrogens with zero attached hydrogens (tertiary/aromatic N) is 2. The predicted molar refractivity (Wildman–Crippen MR) is 81.9 cm³/mol. The lowest BCUT2D eigenvalue weighted by Crippen LogP contribution is -2.34. The van der Waals surface area contributed by atoms with E-state index in [2.05, 4.69) is 29.4 Å². The minimum Gasteiger partial charge on any atom is -0.345 e. The summed E-state index contributed by atoms with van der Waals surface area (Å²) in [4.78, 5) is 7.48. The standard InChI is InChI=1S/C15H25N3S/c1-3-16-11(2)13-10-19-15(17-13)18-9-8-12-6-4-5-7-14(12)18/h10-12,14,16H,3-9H2,1-2H3. The Kier molecular flexibility index (Phi) is 4.08. The van der Waals surface area contributed by atoms with Crippen molar-refractivity contribution in [2.75, 3.05) is 18.0 Å². The molecular formula is C15H25N3S. The fraction of sp³-hybridized carbons (Fsp3) is 0.800. The summed E-state index contributed by atoms with van der Waals surface area (Å²) in [5.74, 6) is 0.937. The Labute approximate surface area is 120 Å². The van der Waals surface area contributed by atoms with Crippen LogP contribution in [0.1, 0.15) is 57.7 Å². The normalized spacial score (nSPS) is 28.4. The van der Waals surface area contributed by atoms with E-state index in [-0.39, 0.29) is 0 Å². The molecule has 4 heteroatoms. The zero-order valence-corrected chi connectivity index (χ0v) is 12.9. The molecule has 19 heavy (non-hydrogen) atoms. The molecule has 0 amide bonds. The monoisotopic (exact) mass is 279 g/mol. The van der Waals surface area contributed by atoms with Crippen LogP contribution in [-0.2, 0) is 0 Å². The van der Waals surface area contributed by atoms with E-state index in [1.807, 2.05) is 11.3 Å². The second-order valence-corrected chi connectivity index (χ2v) is 6.76. The summed E-state index contributed by atoms with van der Waals surface area (Å²) in [6.45, 7) is 6.58. The Morgan fingerprint density at radius 3 is 3.11 bits per heavy atom. The number of anilines is 1. The van der Waals surface area contributed by atoms with Gasteiger partial charge in [0.15, 0.2) is 5.13 Å². The second-order valence-electron chi connectivity index (χ2n) is 5.93. The van der Waals surface area contributed by atoms with Crippen molar-refractivity contribution in [1.29, 1.82) is 0 Å². The molecule has 1 saturated heterocycles. The molecule has 1 aliphatic heterocycles. The zero-order chi connectivity index (χ0) is 13.2. The lowest BCUT2D eigenvalue weighted by molar-refractivity contribution is 0.342. The summed E-state index contributed by atoms with van der Waals surface area (Å²) in [6, 6.07) is 1.15. The van der Waals surface area contributed by atoms with Gasteiger partial charge in [-0.1, -0.05) is 19.8 Å². The summed E-state index contributed by atoms with van der Waals surface area (Å²) >= 11 is 1.83. The molecule has 0 bridgehead atoms. The topological polar surface area (TPSA) is 28.2 Å². The first-order valence-electron chi connectivity index (χ1n) is 7.75. The molecule has 2 aliphatic rings. The van der Waals surface area contributed by atoms with E-state index in [0.29, 0.717) is 6.04 Å². The molecule has 2 heterocycles. The minimum atomic E-state index is 0.375. The van der Waals surface area contributed by atoms with Crippen molar-refractivity contribution in [3.63, 3.8) is 0 Å². The Hall–Kier alpha value is -0.610. The highest BCUT2D eigenvalue weighted by Gasteiger charge is 2.36. The summed E-state index contributed by atoms with van der Waals surface area (Å²) in [6.07, 6.45) is 7.04.